The van der Waals surface area contributed by atoms with Gasteiger partial charge in [0, 0.05) is 23.6 Å². The Morgan fingerprint density at radius 2 is 2.00 bits per heavy atom. The van der Waals surface area contributed by atoms with Crippen molar-refractivity contribution >= 4 is 39.1 Å². The van der Waals surface area contributed by atoms with Gasteiger partial charge in [-0.2, -0.15) is 4.98 Å². The number of aromatic nitrogens is 2. The average molecular weight is 362 g/mol. The molecule has 0 aliphatic heterocycles. The Morgan fingerprint density at radius 1 is 1.21 bits per heavy atom. The molecule has 0 unspecified atom stereocenters. The Balaban J connectivity index is 2.29. The van der Waals surface area contributed by atoms with Gasteiger partial charge in [0.25, 0.3) is 0 Å². The van der Waals surface area contributed by atoms with Gasteiger partial charge in [-0.05, 0) is 34.5 Å². The topological polar surface area (TPSA) is 35.0 Å². The number of aryl methyl sites for hydroxylation is 1. The lowest BCUT2D eigenvalue weighted by Crippen LogP contribution is -1.98. The van der Waals surface area contributed by atoms with Crippen molar-refractivity contribution in [2.45, 2.75) is 19.8 Å². The van der Waals surface area contributed by atoms with Crippen molar-refractivity contribution in [3.8, 4) is 11.6 Å². The molecule has 0 aliphatic rings. The molecule has 100 valence electrons. The fourth-order valence-corrected chi connectivity index (χ4v) is 2.22. The van der Waals surface area contributed by atoms with E-state index in [2.05, 4.69) is 32.8 Å². The standard InChI is InChI=1S/C13H11BrCl2N2O/c1-2-3-12-17-11(14)7-13(18-12)19-10-6-8(15)4-5-9(10)16/h4-7H,2-3H2,1H3. The molecule has 0 N–H and O–H groups in total. The Hall–Kier alpha value is -0.840. The van der Waals surface area contributed by atoms with Crippen LogP contribution in [0.2, 0.25) is 10.0 Å². The first-order valence-electron chi connectivity index (χ1n) is 5.75. The van der Waals surface area contributed by atoms with Gasteiger partial charge in [0.2, 0.25) is 5.88 Å². The van der Waals surface area contributed by atoms with Crippen LogP contribution >= 0.6 is 39.1 Å². The third-order valence-electron chi connectivity index (χ3n) is 2.30. The number of halogens is 3. The van der Waals surface area contributed by atoms with Gasteiger partial charge in [0.15, 0.2) is 0 Å². The minimum atomic E-state index is 0.439. The molecule has 0 saturated heterocycles. The van der Waals surface area contributed by atoms with Crippen LogP contribution in [0.1, 0.15) is 19.2 Å². The third-order valence-corrected chi connectivity index (χ3v) is 3.25. The molecular formula is C13H11BrCl2N2O. The fraction of sp³-hybridized carbons (Fsp3) is 0.231. The summed E-state index contributed by atoms with van der Waals surface area (Å²) in [7, 11) is 0. The first kappa shape index (κ1) is 14.6. The molecule has 1 aromatic heterocycles. The molecule has 1 heterocycles. The van der Waals surface area contributed by atoms with E-state index in [1.165, 1.54) is 0 Å². The number of benzene rings is 1. The monoisotopic (exact) mass is 360 g/mol. The van der Waals surface area contributed by atoms with Crippen LogP contribution in [-0.4, -0.2) is 9.97 Å². The predicted molar refractivity (Wildman–Crippen MR) is 80.3 cm³/mol. The van der Waals surface area contributed by atoms with Gasteiger partial charge in [-0.1, -0.05) is 30.1 Å². The van der Waals surface area contributed by atoms with Gasteiger partial charge in [0.05, 0.1) is 5.02 Å². The first-order valence-corrected chi connectivity index (χ1v) is 7.29. The van der Waals surface area contributed by atoms with Gasteiger partial charge in [0.1, 0.15) is 16.2 Å². The predicted octanol–water partition coefficient (Wildman–Crippen LogP) is 5.29. The minimum absolute atomic E-state index is 0.439. The summed E-state index contributed by atoms with van der Waals surface area (Å²) >= 11 is 15.3. The molecule has 0 bridgehead atoms. The lowest BCUT2D eigenvalue weighted by molar-refractivity contribution is 0.457. The summed E-state index contributed by atoms with van der Waals surface area (Å²) in [6.45, 7) is 2.07. The van der Waals surface area contributed by atoms with E-state index in [0.29, 0.717) is 26.3 Å². The first-order chi connectivity index (χ1) is 9.08. The molecule has 0 saturated carbocycles. The van der Waals surface area contributed by atoms with Gasteiger partial charge >= 0.3 is 0 Å². The van der Waals surface area contributed by atoms with E-state index >= 15 is 0 Å². The van der Waals surface area contributed by atoms with E-state index in [0.717, 1.165) is 18.7 Å². The zero-order valence-corrected chi connectivity index (χ0v) is 13.3. The third kappa shape index (κ3) is 4.06. The van der Waals surface area contributed by atoms with Crippen LogP contribution in [0.5, 0.6) is 11.6 Å². The van der Waals surface area contributed by atoms with E-state index in [-0.39, 0.29) is 0 Å². The van der Waals surface area contributed by atoms with Crippen LogP contribution in [0.3, 0.4) is 0 Å². The van der Waals surface area contributed by atoms with Crippen LogP contribution in [0.15, 0.2) is 28.9 Å². The molecule has 3 nitrogen and oxygen atoms in total. The summed E-state index contributed by atoms with van der Waals surface area (Å²) < 4.78 is 6.34. The van der Waals surface area contributed by atoms with Gasteiger partial charge in [-0.15, -0.1) is 0 Å². The molecule has 2 rings (SSSR count). The largest absolute Gasteiger partial charge is 0.437 e. The maximum atomic E-state index is 6.05. The number of ether oxygens (including phenoxy) is 1. The second kappa shape index (κ2) is 6.55. The van der Waals surface area contributed by atoms with E-state index in [4.69, 9.17) is 27.9 Å². The second-order valence-electron chi connectivity index (χ2n) is 3.87. The number of nitrogens with zero attached hydrogens (tertiary/aromatic N) is 2. The zero-order valence-electron chi connectivity index (χ0n) is 10.2. The lowest BCUT2D eigenvalue weighted by atomic mass is 10.3. The Kier molecular flexibility index (Phi) is 5.02. The van der Waals surface area contributed by atoms with Crippen molar-refractivity contribution in [1.29, 1.82) is 0 Å². The van der Waals surface area contributed by atoms with Gasteiger partial charge < -0.3 is 4.74 Å². The van der Waals surface area contributed by atoms with Crippen molar-refractivity contribution in [3.05, 3.63) is 44.7 Å². The second-order valence-corrected chi connectivity index (χ2v) is 5.53. The molecule has 2 aromatic rings. The number of hydrogen-bond donors (Lipinski definition) is 0. The summed E-state index contributed by atoms with van der Waals surface area (Å²) in [6.07, 6.45) is 1.76. The molecule has 6 heteroatoms. The van der Waals surface area contributed by atoms with Crippen LogP contribution < -0.4 is 4.74 Å². The lowest BCUT2D eigenvalue weighted by Gasteiger charge is -2.08. The highest BCUT2D eigenvalue weighted by Gasteiger charge is 2.08. The van der Waals surface area contributed by atoms with Gasteiger partial charge in [-0.3, -0.25) is 0 Å². The minimum Gasteiger partial charge on any atom is -0.437 e. The Labute approximate surface area is 130 Å². The highest BCUT2D eigenvalue weighted by Crippen LogP contribution is 2.31. The maximum Gasteiger partial charge on any atom is 0.223 e. The molecule has 1 aromatic carbocycles. The van der Waals surface area contributed by atoms with Crippen molar-refractivity contribution in [2.75, 3.05) is 0 Å². The summed E-state index contributed by atoms with van der Waals surface area (Å²) in [5, 5.41) is 1.04. The zero-order chi connectivity index (χ0) is 13.8. The molecule has 0 atom stereocenters. The molecule has 0 spiro atoms. The summed E-state index contributed by atoms with van der Waals surface area (Å²) in [4.78, 5) is 8.60. The van der Waals surface area contributed by atoms with E-state index in [9.17, 15) is 0 Å². The Morgan fingerprint density at radius 3 is 2.74 bits per heavy atom. The summed E-state index contributed by atoms with van der Waals surface area (Å²) in [5.74, 6) is 1.64. The van der Waals surface area contributed by atoms with E-state index in [1.54, 1.807) is 24.3 Å². The normalized spacial score (nSPS) is 10.5. The summed E-state index contributed by atoms with van der Waals surface area (Å²) in [6, 6.07) is 6.73. The van der Waals surface area contributed by atoms with Crippen LogP contribution in [0, 0.1) is 0 Å². The Bertz CT molecular complexity index is 593. The molecule has 0 aliphatic carbocycles. The van der Waals surface area contributed by atoms with Crippen LogP contribution in [0.4, 0.5) is 0 Å². The van der Waals surface area contributed by atoms with E-state index in [1.807, 2.05) is 0 Å². The highest BCUT2D eigenvalue weighted by molar-refractivity contribution is 9.10. The number of hydrogen-bond acceptors (Lipinski definition) is 3. The number of rotatable bonds is 4. The van der Waals surface area contributed by atoms with Crippen molar-refractivity contribution in [2.24, 2.45) is 0 Å². The van der Waals surface area contributed by atoms with Crippen molar-refractivity contribution < 1.29 is 4.74 Å². The molecule has 0 amide bonds. The van der Waals surface area contributed by atoms with E-state index < -0.39 is 0 Å². The summed E-state index contributed by atoms with van der Waals surface area (Å²) in [5.41, 5.74) is 0. The van der Waals surface area contributed by atoms with Crippen LogP contribution in [0.25, 0.3) is 0 Å². The highest BCUT2D eigenvalue weighted by atomic mass is 79.9. The quantitative estimate of drug-likeness (QED) is 0.694. The molecular weight excluding hydrogens is 351 g/mol. The fourth-order valence-electron chi connectivity index (χ4n) is 1.50. The average Bonchev–Trinajstić information content (AvgIpc) is 2.33. The maximum absolute atomic E-state index is 6.05. The molecule has 19 heavy (non-hydrogen) atoms. The van der Waals surface area contributed by atoms with Gasteiger partial charge in [-0.25, -0.2) is 4.98 Å². The molecule has 0 fully saturated rings. The SMILES string of the molecule is CCCc1nc(Br)cc(Oc2cc(Cl)ccc2Cl)n1. The van der Waals surface area contributed by atoms with Crippen LogP contribution in [-0.2, 0) is 6.42 Å². The van der Waals surface area contributed by atoms with Crippen molar-refractivity contribution in [1.82, 2.24) is 9.97 Å². The molecule has 0 radical (unpaired) electrons. The smallest absolute Gasteiger partial charge is 0.223 e. The van der Waals surface area contributed by atoms with Crippen molar-refractivity contribution in [3.63, 3.8) is 0 Å².